The number of amides is 1. The van der Waals surface area contributed by atoms with Crippen molar-refractivity contribution in [1.29, 1.82) is 0 Å². The van der Waals surface area contributed by atoms with Crippen LogP contribution in [0.1, 0.15) is 10.5 Å². The van der Waals surface area contributed by atoms with Crippen molar-refractivity contribution in [3.63, 3.8) is 0 Å². The van der Waals surface area contributed by atoms with Crippen LogP contribution >= 0.6 is 0 Å². The summed E-state index contributed by atoms with van der Waals surface area (Å²) in [6, 6.07) is 7.05. The van der Waals surface area contributed by atoms with E-state index in [-0.39, 0.29) is 17.4 Å². The first kappa shape index (κ1) is 18.9. The van der Waals surface area contributed by atoms with Crippen LogP contribution in [0.15, 0.2) is 43.1 Å². The van der Waals surface area contributed by atoms with Gasteiger partial charge in [-0.05, 0) is 24.3 Å². The maximum atomic E-state index is 15.2. The topological polar surface area (TPSA) is 76.4 Å². The Morgan fingerprint density at radius 3 is 2.45 bits per heavy atom. The van der Waals surface area contributed by atoms with Crippen LogP contribution in [0.2, 0.25) is 0 Å². The van der Waals surface area contributed by atoms with Gasteiger partial charge in [0.15, 0.2) is 11.6 Å². The van der Waals surface area contributed by atoms with Gasteiger partial charge in [0.1, 0.15) is 23.5 Å². The van der Waals surface area contributed by atoms with Crippen molar-refractivity contribution in [2.45, 2.75) is 0 Å². The van der Waals surface area contributed by atoms with E-state index in [9.17, 15) is 4.79 Å². The SMILES string of the molecule is COc1ccc(-c2ncnc(N3CCN(C(=O)c4cncn4C)CC3)c2F)cc1. The molecule has 3 aromatic rings. The lowest BCUT2D eigenvalue weighted by Gasteiger charge is -2.35. The fourth-order valence-corrected chi connectivity index (χ4v) is 3.38. The molecule has 3 heterocycles. The quantitative estimate of drug-likeness (QED) is 0.671. The maximum absolute atomic E-state index is 15.2. The summed E-state index contributed by atoms with van der Waals surface area (Å²) in [5, 5.41) is 0. The number of rotatable bonds is 4. The molecule has 0 N–H and O–H groups in total. The number of aromatic nitrogens is 4. The highest BCUT2D eigenvalue weighted by Gasteiger charge is 2.26. The second-order valence-electron chi connectivity index (χ2n) is 6.76. The molecule has 8 nitrogen and oxygen atoms in total. The van der Waals surface area contributed by atoms with E-state index in [0.29, 0.717) is 43.2 Å². The van der Waals surface area contributed by atoms with E-state index in [1.54, 1.807) is 60.4 Å². The number of imidazole rings is 1. The number of aryl methyl sites for hydroxylation is 1. The van der Waals surface area contributed by atoms with Crippen LogP contribution in [-0.4, -0.2) is 63.6 Å². The van der Waals surface area contributed by atoms with Crippen molar-refractivity contribution in [1.82, 2.24) is 24.4 Å². The average Bonchev–Trinajstić information content (AvgIpc) is 3.19. The fraction of sp³-hybridized carbons (Fsp3) is 0.300. The fourth-order valence-electron chi connectivity index (χ4n) is 3.38. The van der Waals surface area contributed by atoms with E-state index in [2.05, 4.69) is 15.0 Å². The van der Waals surface area contributed by atoms with E-state index in [0.717, 1.165) is 0 Å². The number of benzene rings is 1. The van der Waals surface area contributed by atoms with Crippen LogP contribution in [0.5, 0.6) is 5.75 Å². The minimum atomic E-state index is -0.468. The predicted molar refractivity (Wildman–Crippen MR) is 105 cm³/mol. The minimum Gasteiger partial charge on any atom is -0.497 e. The molecule has 0 aliphatic carbocycles. The van der Waals surface area contributed by atoms with Crippen LogP contribution in [0.3, 0.4) is 0 Å². The Balaban J connectivity index is 1.50. The number of halogens is 1. The van der Waals surface area contributed by atoms with Crippen LogP contribution in [0.4, 0.5) is 10.2 Å². The van der Waals surface area contributed by atoms with E-state index < -0.39 is 5.82 Å². The van der Waals surface area contributed by atoms with Crippen molar-refractivity contribution in [2.75, 3.05) is 38.2 Å². The molecule has 0 bridgehead atoms. The molecule has 1 aliphatic heterocycles. The van der Waals surface area contributed by atoms with Crippen molar-refractivity contribution in [2.24, 2.45) is 7.05 Å². The standard InChI is InChI=1S/C20H21FN6O2/c1-25-13-22-11-16(25)20(28)27-9-7-26(8-10-27)19-17(21)18(23-12-24-19)14-3-5-15(29-2)6-4-14/h3-6,11-13H,7-10H2,1-2H3. The summed E-state index contributed by atoms with van der Waals surface area (Å²) in [4.78, 5) is 28.5. The Morgan fingerprint density at radius 2 is 1.83 bits per heavy atom. The molecule has 0 spiro atoms. The highest BCUT2D eigenvalue weighted by atomic mass is 19.1. The number of nitrogens with zero attached hydrogens (tertiary/aromatic N) is 6. The first-order chi connectivity index (χ1) is 14.1. The molecule has 0 unspecified atom stereocenters. The van der Waals surface area contributed by atoms with Gasteiger partial charge < -0.3 is 19.1 Å². The third-order valence-electron chi connectivity index (χ3n) is 5.04. The maximum Gasteiger partial charge on any atom is 0.272 e. The van der Waals surface area contributed by atoms with Gasteiger partial charge in [-0.2, -0.15) is 0 Å². The lowest BCUT2D eigenvalue weighted by atomic mass is 10.1. The van der Waals surface area contributed by atoms with Crippen molar-refractivity contribution in [3.8, 4) is 17.0 Å². The number of carbonyl (C=O) groups is 1. The molecule has 0 radical (unpaired) electrons. The molecule has 1 aliphatic rings. The monoisotopic (exact) mass is 396 g/mol. The smallest absolute Gasteiger partial charge is 0.272 e. The lowest BCUT2D eigenvalue weighted by Crippen LogP contribution is -2.49. The molecule has 9 heteroatoms. The van der Waals surface area contributed by atoms with Gasteiger partial charge in [-0.1, -0.05) is 0 Å². The van der Waals surface area contributed by atoms with E-state index in [4.69, 9.17) is 4.74 Å². The molecule has 150 valence electrons. The van der Waals surface area contributed by atoms with Crippen LogP contribution in [-0.2, 0) is 7.05 Å². The van der Waals surface area contributed by atoms with Crippen molar-refractivity contribution in [3.05, 3.63) is 54.6 Å². The van der Waals surface area contributed by atoms with Gasteiger partial charge >= 0.3 is 0 Å². The van der Waals surface area contributed by atoms with Gasteiger partial charge in [-0.15, -0.1) is 0 Å². The molecule has 2 aromatic heterocycles. The predicted octanol–water partition coefficient (Wildman–Crippen LogP) is 1.99. The summed E-state index contributed by atoms with van der Waals surface area (Å²) in [6.45, 7) is 1.93. The van der Waals surface area contributed by atoms with Gasteiger partial charge in [-0.3, -0.25) is 4.79 Å². The zero-order chi connectivity index (χ0) is 20.4. The lowest BCUT2D eigenvalue weighted by molar-refractivity contribution is 0.0736. The first-order valence-electron chi connectivity index (χ1n) is 9.24. The van der Waals surface area contributed by atoms with Crippen molar-refractivity contribution < 1.29 is 13.9 Å². The van der Waals surface area contributed by atoms with Crippen LogP contribution in [0, 0.1) is 5.82 Å². The van der Waals surface area contributed by atoms with Gasteiger partial charge in [0.2, 0.25) is 0 Å². The van der Waals surface area contributed by atoms with E-state index in [1.807, 2.05) is 4.90 Å². The second kappa shape index (κ2) is 7.86. The highest BCUT2D eigenvalue weighted by molar-refractivity contribution is 5.92. The Hall–Kier alpha value is -3.49. The summed E-state index contributed by atoms with van der Waals surface area (Å²) < 4.78 is 22.0. The summed E-state index contributed by atoms with van der Waals surface area (Å²) in [6.07, 6.45) is 4.52. The van der Waals surface area contributed by atoms with E-state index >= 15 is 4.39 Å². The zero-order valence-corrected chi connectivity index (χ0v) is 16.2. The van der Waals surface area contributed by atoms with Crippen molar-refractivity contribution >= 4 is 11.7 Å². The molecular formula is C20H21FN6O2. The number of hydrogen-bond acceptors (Lipinski definition) is 6. The molecule has 4 rings (SSSR count). The number of ether oxygens (including phenoxy) is 1. The molecule has 1 aromatic carbocycles. The summed E-state index contributed by atoms with van der Waals surface area (Å²) in [7, 11) is 3.37. The number of carbonyl (C=O) groups excluding carboxylic acids is 1. The summed E-state index contributed by atoms with van der Waals surface area (Å²) in [5.41, 5.74) is 1.43. The molecule has 1 fully saturated rings. The number of anilines is 1. The van der Waals surface area contributed by atoms with Crippen LogP contribution in [0.25, 0.3) is 11.3 Å². The van der Waals surface area contributed by atoms with Gasteiger partial charge in [-0.25, -0.2) is 19.3 Å². The average molecular weight is 396 g/mol. The third kappa shape index (κ3) is 3.63. The Morgan fingerprint density at radius 1 is 1.10 bits per heavy atom. The Bertz CT molecular complexity index is 1010. The van der Waals surface area contributed by atoms with Gasteiger partial charge in [0.05, 0.1) is 19.6 Å². The molecule has 1 saturated heterocycles. The first-order valence-corrected chi connectivity index (χ1v) is 9.24. The van der Waals surface area contributed by atoms with Crippen LogP contribution < -0.4 is 9.64 Å². The summed E-state index contributed by atoms with van der Waals surface area (Å²) >= 11 is 0. The molecule has 0 saturated carbocycles. The number of methoxy groups -OCH3 is 1. The molecular weight excluding hydrogens is 375 g/mol. The molecule has 0 atom stereocenters. The zero-order valence-electron chi connectivity index (χ0n) is 16.2. The number of hydrogen-bond donors (Lipinski definition) is 0. The summed E-state index contributed by atoms with van der Waals surface area (Å²) in [5.74, 6) is 0.395. The number of piperazine rings is 1. The van der Waals surface area contributed by atoms with E-state index in [1.165, 1.54) is 6.33 Å². The largest absolute Gasteiger partial charge is 0.497 e. The minimum absolute atomic E-state index is 0.0771. The van der Waals surface area contributed by atoms with Gasteiger partial charge in [0, 0.05) is 38.8 Å². The van der Waals surface area contributed by atoms with Gasteiger partial charge in [0.25, 0.3) is 5.91 Å². The normalized spacial score (nSPS) is 14.2. The molecule has 29 heavy (non-hydrogen) atoms. The Labute approximate surface area is 167 Å². The highest BCUT2D eigenvalue weighted by Crippen LogP contribution is 2.28. The second-order valence-corrected chi connectivity index (χ2v) is 6.76. The molecule has 1 amide bonds. The third-order valence-corrected chi connectivity index (χ3v) is 5.04. The Kier molecular flexibility index (Phi) is 5.11.